The number of primary sulfonamides is 1. The second-order valence-corrected chi connectivity index (χ2v) is 11.5. The first kappa shape index (κ1) is 21.0. The van der Waals surface area contributed by atoms with Crippen LogP contribution in [0, 0.1) is 0 Å². The van der Waals surface area contributed by atoms with Crippen molar-refractivity contribution < 1.29 is 26.4 Å². The number of nitrogens with zero attached hydrogens (tertiary/aromatic N) is 2. The van der Waals surface area contributed by atoms with Gasteiger partial charge >= 0.3 is 5.97 Å². The Labute approximate surface area is 172 Å². The van der Waals surface area contributed by atoms with E-state index < -0.39 is 26.0 Å². The maximum atomic E-state index is 12.6. The fraction of sp³-hybridized carbons (Fsp3) is 0.143. The quantitative estimate of drug-likeness (QED) is 0.548. The number of rotatable bonds is 5. The lowest BCUT2D eigenvalue weighted by Crippen LogP contribution is -2.22. The van der Waals surface area contributed by atoms with Crippen molar-refractivity contribution >= 4 is 70.5 Å². The Morgan fingerprint density at radius 2 is 1.93 bits per heavy atom. The number of methoxy groups -OCH3 is 1. The normalized spacial score (nSPS) is 13.2. The van der Waals surface area contributed by atoms with Crippen molar-refractivity contribution in [2.75, 3.05) is 7.11 Å². The molecule has 28 heavy (non-hydrogen) atoms. The zero-order valence-electron chi connectivity index (χ0n) is 14.0. The fourth-order valence-electron chi connectivity index (χ4n) is 2.23. The van der Waals surface area contributed by atoms with Gasteiger partial charge < -0.3 is 9.30 Å². The topological polar surface area (TPSA) is 138 Å². The number of aromatic nitrogens is 1. The molecule has 0 saturated carbocycles. The van der Waals surface area contributed by atoms with Crippen LogP contribution in [0.5, 0.6) is 0 Å². The number of ether oxygens (including phenoxy) is 1. The average molecular weight is 482 g/mol. The lowest BCUT2D eigenvalue weighted by atomic mass is 10.3. The first-order valence-electron chi connectivity index (χ1n) is 7.30. The van der Waals surface area contributed by atoms with Gasteiger partial charge in [0.05, 0.1) is 26.6 Å². The summed E-state index contributed by atoms with van der Waals surface area (Å²) >= 11 is 7.53. The highest BCUT2D eigenvalue weighted by atomic mass is 35.5. The van der Waals surface area contributed by atoms with Crippen LogP contribution in [0.3, 0.4) is 0 Å². The maximum Gasteiger partial charge on any atom is 0.325 e. The van der Waals surface area contributed by atoms with Gasteiger partial charge in [0.2, 0.25) is 14.8 Å². The number of carbonyl (C=O) groups excluding carboxylic acids is 1. The highest BCUT2D eigenvalue weighted by Crippen LogP contribution is 2.27. The number of esters is 1. The molecule has 3 rings (SSSR count). The third-order valence-electron chi connectivity index (χ3n) is 3.50. The molecule has 0 amide bonds. The molecule has 150 valence electrons. The Hall–Kier alpha value is -1.77. The Morgan fingerprint density at radius 3 is 2.50 bits per heavy atom. The second kappa shape index (κ2) is 7.57. The van der Waals surface area contributed by atoms with Gasteiger partial charge in [-0.1, -0.05) is 22.9 Å². The standard InChI is InChI=1S/C14H12ClN3O6S4/c1-24-12(19)7-18-9-3-2-8(27(16,20)21)6-10(9)25-14(18)17-28(22,23)13-5-4-11(15)26-13/h2-6H,7H2,1H3,(H2,16,20,21)/b17-14-. The molecule has 0 spiro atoms. The van der Waals surface area contributed by atoms with E-state index in [4.69, 9.17) is 16.7 Å². The number of carbonyl (C=O) groups is 1. The van der Waals surface area contributed by atoms with Gasteiger partial charge in [0.1, 0.15) is 10.8 Å². The van der Waals surface area contributed by atoms with Gasteiger partial charge in [-0.3, -0.25) is 4.79 Å². The van der Waals surface area contributed by atoms with Gasteiger partial charge in [0.25, 0.3) is 10.0 Å². The van der Waals surface area contributed by atoms with Crippen molar-refractivity contribution in [3.63, 3.8) is 0 Å². The summed E-state index contributed by atoms with van der Waals surface area (Å²) in [7, 11) is -6.85. The predicted octanol–water partition coefficient (Wildman–Crippen LogP) is 1.53. The summed E-state index contributed by atoms with van der Waals surface area (Å²) in [6.45, 7) is -0.315. The first-order chi connectivity index (χ1) is 13.0. The molecule has 3 aromatic rings. The number of thiazole rings is 1. The molecule has 2 heterocycles. The summed E-state index contributed by atoms with van der Waals surface area (Å²) < 4.78 is 58.7. The minimum Gasteiger partial charge on any atom is -0.468 e. The van der Waals surface area contributed by atoms with Crippen LogP contribution in [-0.2, 0) is 36.1 Å². The molecule has 14 heteroatoms. The highest BCUT2D eigenvalue weighted by molar-refractivity contribution is 7.92. The third-order valence-corrected chi connectivity index (χ3v) is 8.53. The van der Waals surface area contributed by atoms with E-state index in [-0.39, 0.29) is 24.8 Å². The van der Waals surface area contributed by atoms with Gasteiger partial charge in [0, 0.05) is 0 Å². The molecule has 0 radical (unpaired) electrons. The van der Waals surface area contributed by atoms with E-state index in [0.717, 1.165) is 22.7 Å². The Bertz CT molecular complexity index is 1350. The molecule has 0 aliphatic carbocycles. The molecule has 1 aromatic carbocycles. The molecule has 9 nitrogen and oxygen atoms in total. The number of halogens is 1. The lowest BCUT2D eigenvalue weighted by Gasteiger charge is -2.04. The lowest BCUT2D eigenvalue weighted by molar-refractivity contribution is -0.141. The Morgan fingerprint density at radius 1 is 1.21 bits per heavy atom. The number of hydrogen-bond acceptors (Lipinski definition) is 8. The number of nitrogens with two attached hydrogens (primary N) is 1. The Kier molecular flexibility index (Phi) is 5.67. The van der Waals surface area contributed by atoms with E-state index in [1.807, 2.05) is 0 Å². The number of sulfonamides is 2. The molecule has 0 bridgehead atoms. The number of hydrogen-bond donors (Lipinski definition) is 1. The van der Waals surface area contributed by atoms with Crippen LogP contribution in [0.4, 0.5) is 0 Å². The summed E-state index contributed by atoms with van der Waals surface area (Å²) in [4.78, 5) is 11.6. The van der Waals surface area contributed by atoms with Crippen LogP contribution < -0.4 is 9.94 Å². The van der Waals surface area contributed by atoms with E-state index in [1.165, 1.54) is 42.0 Å². The van der Waals surface area contributed by atoms with E-state index in [0.29, 0.717) is 10.2 Å². The molecule has 0 unspecified atom stereocenters. The molecular formula is C14H12ClN3O6S4. The molecule has 2 aromatic heterocycles. The number of benzene rings is 1. The first-order valence-corrected chi connectivity index (χ1v) is 12.3. The van der Waals surface area contributed by atoms with Crippen LogP contribution in [-0.4, -0.2) is 34.5 Å². The Balaban J connectivity index is 2.27. The van der Waals surface area contributed by atoms with Crippen molar-refractivity contribution in [1.29, 1.82) is 0 Å². The molecule has 0 fully saturated rings. The summed E-state index contributed by atoms with van der Waals surface area (Å²) in [5.74, 6) is -0.631. The smallest absolute Gasteiger partial charge is 0.325 e. The minimum absolute atomic E-state index is 0.0310. The zero-order chi connectivity index (χ0) is 20.7. The van der Waals surface area contributed by atoms with Gasteiger partial charge in [-0.2, -0.15) is 8.42 Å². The zero-order valence-corrected chi connectivity index (χ0v) is 18.0. The molecular weight excluding hydrogens is 470 g/mol. The SMILES string of the molecule is COC(=O)Cn1/c(=N/S(=O)(=O)c2ccc(Cl)s2)sc2cc(S(N)(=O)=O)ccc21. The number of thiophene rings is 1. The van der Waals surface area contributed by atoms with Gasteiger partial charge in [-0.05, 0) is 30.3 Å². The number of fused-ring (bicyclic) bond motifs is 1. The minimum atomic E-state index is -4.09. The molecule has 0 aliphatic heterocycles. The van der Waals surface area contributed by atoms with Crippen molar-refractivity contribution in [2.45, 2.75) is 15.6 Å². The molecule has 2 N–H and O–H groups in total. The third kappa shape index (κ3) is 4.29. The average Bonchev–Trinajstić information content (AvgIpc) is 3.18. The van der Waals surface area contributed by atoms with Crippen molar-refractivity contribution in [1.82, 2.24) is 4.57 Å². The molecule has 0 atom stereocenters. The summed E-state index contributed by atoms with van der Waals surface area (Å²) in [5.41, 5.74) is 0.404. The van der Waals surface area contributed by atoms with Crippen LogP contribution in [0.1, 0.15) is 0 Å². The monoisotopic (exact) mass is 481 g/mol. The summed E-state index contributed by atoms with van der Waals surface area (Å²) in [6, 6.07) is 6.72. The summed E-state index contributed by atoms with van der Waals surface area (Å²) in [6.07, 6.45) is 0. The van der Waals surface area contributed by atoms with E-state index >= 15 is 0 Å². The second-order valence-electron chi connectivity index (χ2n) is 5.35. The van der Waals surface area contributed by atoms with Crippen molar-refractivity contribution in [2.24, 2.45) is 9.54 Å². The van der Waals surface area contributed by atoms with Crippen molar-refractivity contribution in [3.8, 4) is 0 Å². The van der Waals surface area contributed by atoms with Gasteiger partial charge in [-0.25, -0.2) is 13.6 Å². The highest BCUT2D eigenvalue weighted by Gasteiger charge is 2.19. The molecule has 0 aliphatic rings. The van der Waals surface area contributed by atoms with Gasteiger partial charge in [0.15, 0.2) is 0 Å². The van der Waals surface area contributed by atoms with E-state index in [9.17, 15) is 21.6 Å². The van der Waals surface area contributed by atoms with Crippen LogP contribution in [0.2, 0.25) is 4.34 Å². The molecule has 0 saturated heterocycles. The van der Waals surface area contributed by atoms with Crippen LogP contribution in [0.25, 0.3) is 10.2 Å². The largest absolute Gasteiger partial charge is 0.468 e. The van der Waals surface area contributed by atoms with Crippen LogP contribution >= 0.6 is 34.3 Å². The predicted molar refractivity (Wildman–Crippen MR) is 105 cm³/mol. The van der Waals surface area contributed by atoms with E-state index in [1.54, 1.807) is 0 Å². The fourth-order valence-corrected chi connectivity index (χ4v) is 6.58. The van der Waals surface area contributed by atoms with Crippen LogP contribution in [0.15, 0.2) is 43.8 Å². The van der Waals surface area contributed by atoms with Gasteiger partial charge in [-0.15, -0.1) is 15.7 Å². The van der Waals surface area contributed by atoms with E-state index in [2.05, 4.69) is 9.13 Å². The van der Waals surface area contributed by atoms with Crippen molar-refractivity contribution in [3.05, 3.63) is 39.5 Å². The maximum absolute atomic E-state index is 12.6. The summed E-state index contributed by atoms with van der Waals surface area (Å²) in [5, 5.41) is 5.14.